The van der Waals surface area contributed by atoms with Gasteiger partial charge in [0.05, 0.1) is 12.6 Å². The van der Waals surface area contributed by atoms with Crippen molar-refractivity contribution < 1.29 is 14.4 Å². The molecular formula is C20H30N4O3. The molecule has 1 atom stereocenters. The summed E-state index contributed by atoms with van der Waals surface area (Å²) in [6.07, 6.45) is 0.711. The second kappa shape index (κ2) is 9.50. The van der Waals surface area contributed by atoms with Gasteiger partial charge in [0.15, 0.2) is 0 Å². The van der Waals surface area contributed by atoms with Crippen molar-refractivity contribution in [3.8, 4) is 0 Å². The lowest BCUT2D eigenvalue weighted by atomic mass is 10.1. The van der Waals surface area contributed by atoms with E-state index in [1.54, 1.807) is 9.80 Å². The van der Waals surface area contributed by atoms with E-state index in [0.29, 0.717) is 38.2 Å². The van der Waals surface area contributed by atoms with Crippen LogP contribution in [0.15, 0.2) is 24.3 Å². The molecule has 7 heteroatoms. The normalized spacial score (nSPS) is 16.0. The van der Waals surface area contributed by atoms with Gasteiger partial charge in [-0.1, -0.05) is 31.5 Å². The standard InChI is InChI=1S/C20H30N4O3/c1-14(2)18(21)19(26)22-13-17(25)23-8-5-9-24(11-10-23)20(27)16-7-4-6-15(3)12-16/h4,6-7,12,14,18H,5,8-11,13,21H2,1-3H3,(H,22,26)/t18-/m0/s1. The molecule has 0 radical (unpaired) electrons. The van der Waals surface area contributed by atoms with Gasteiger partial charge in [0, 0.05) is 31.7 Å². The van der Waals surface area contributed by atoms with Crippen LogP contribution in [0.25, 0.3) is 0 Å². The maximum Gasteiger partial charge on any atom is 0.253 e. The molecule has 3 N–H and O–H groups in total. The van der Waals surface area contributed by atoms with Crippen LogP contribution in [0.4, 0.5) is 0 Å². The van der Waals surface area contributed by atoms with Crippen LogP contribution in [0.2, 0.25) is 0 Å². The van der Waals surface area contributed by atoms with Crippen LogP contribution < -0.4 is 11.1 Å². The molecule has 1 aromatic rings. The summed E-state index contributed by atoms with van der Waals surface area (Å²) in [6, 6.07) is 6.91. The summed E-state index contributed by atoms with van der Waals surface area (Å²) in [7, 11) is 0. The predicted molar refractivity (Wildman–Crippen MR) is 104 cm³/mol. The highest BCUT2D eigenvalue weighted by Crippen LogP contribution is 2.11. The maximum atomic E-state index is 12.7. The number of hydrogen-bond donors (Lipinski definition) is 2. The van der Waals surface area contributed by atoms with Crippen LogP contribution >= 0.6 is 0 Å². The molecule has 0 aromatic heterocycles. The van der Waals surface area contributed by atoms with Crippen molar-refractivity contribution in [2.45, 2.75) is 33.2 Å². The van der Waals surface area contributed by atoms with Gasteiger partial charge in [-0.25, -0.2) is 0 Å². The number of carbonyl (C=O) groups is 3. The maximum absolute atomic E-state index is 12.7. The summed E-state index contributed by atoms with van der Waals surface area (Å²) in [5.41, 5.74) is 7.50. The Morgan fingerprint density at radius 2 is 1.78 bits per heavy atom. The average Bonchev–Trinajstić information content (AvgIpc) is 2.90. The first-order valence-electron chi connectivity index (χ1n) is 9.46. The second-order valence-corrected chi connectivity index (χ2v) is 7.38. The van der Waals surface area contributed by atoms with Gasteiger partial charge in [-0.05, 0) is 31.4 Å². The summed E-state index contributed by atoms with van der Waals surface area (Å²) >= 11 is 0. The minimum atomic E-state index is -0.621. The first-order chi connectivity index (χ1) is 12.8. The smallest absolute Gasteiger partial charge is 0.253 e. The molecule has 0 aliphatic carbocycles. The van der Waals surface area contributed by atoms with Crippen LogP contribution in [0.5, 0.6) is 0 Å². The third-order valence-electron chi connectivity index (χ3n) is 4.84. The molecule has 1 heterocycles. The molecule has 1 aliphatic heterocycles. The highest BCUT2D eigenvalue weighted by atomic mass is 16.2. The van der Waals surface area contributed by atoms with Gasteiger partial charge in [-0.15, -0.1) is 0 Å². The van der Waals surface area contributed by atoms with E-state index in [-0.39, 0.29) is 30.2 Å². The fourth-order valence-electron chi connectivity index (χ4n) is 3.03. The van der Waals surface area contributed by atoms with Crippen molar-refractivity contribution in [2.24, 2.45) is 11.7 Å². The van der Waals surface area contributed by atoms with Crippen molar-refractivity contribution in [2.75, 3.05) is 32.7 Å². The van der Waals surface area contributed by atoms with Gasteiger partial charge < -0.3 is 20.9 Å². The van der Waals surface area contributed by atoms with E-state index in [2.05, 4.69) is 5.32 Å². The van der Waals surface area contributed by atoms with E-state index in [1.807, 2.05) is 45.0 Å². The number of carbonyl (C=O) groups excluding carboxylic acids is 3. The molecule has 1 aliphatic rings. The Hall–Kier alpha value is -2.41. The Kier molecular flexibility index (Phi) is 7.36. The molecular weight excluding hydrogens is 344 g/mol. The zero-order chi connectivity index (χ0) is 20.0. The molecule has 7 nitrogen and oxygen atoms in total. The molecule has 27 heavy (non-hydrogen) atoms. The average molecular weight is 374 g/mol. The molecule has 1 saturated heterocycles. The van der Waals surface area contributed by atoms with Gasteiger partial charge in [0.2, 0.25) is 11.8 Å². The molecule has 148 valence electrons. The molecule has 3 amide bonds. The third kappa shape index (κ3) is 5.79. The number of nitrogens with zero attached hydrogens (tertiary/aromatic N) is 2. The fourth-order valence-corrected chi connectivity index (χ4v) is 3.03. The molecule has 0 spiro atoms. The van der Waals surface area contributed by atoms with E-state index in [0.717, 1.165) is 5.56 Å². The van der Waals surface area contributed by atoms with Crippen LogP contribution in [0.1, 0.15) is 36.2 Å². The molecule has 0 saturated carbocycles. The summed E-state index contributed by atoms with van der Waals surface area (Å²) < 4.78 is 0. The predicted octanol–water partition coefficient (Wildman–Crippen LogP) is 0.769. The zero-order valence-electron chi connectivity index (χ0n) is 16.4. The van der Waals surface area contributed by atoms with Crippen LogP contribution in [0, 0.1) is 12.8 Å². The van der Waals surface area contributed by atoms with E-state index >= 15 is 0 Å². The SMILES string of the molecule is Cc1cccc(C(=O)N2CCCN(C(=O)CNC(=O)[C@@H](N)C(C)C)CC2)c1. The summed E-state index contributed by atoms with van der Waals surface area (Å²) in [4.78, 5) is 40.5. The second-order valence-electron chi connectivity index (χ2n) is 7.38. The number of hydrogen-bond acceptors (Lipinski definition) is 4. The van der Waals surface area contributed by atoms with Gasteiger partial charge in [-0.3, -0.25) is 14.4 Å². The Morgan fingerprint density at radius 3 is 2.44 bits per heavy atom. The van der Waals surface area contributed by atoms with E-state index in [4.69, 9.17) is 5.73 Å². The molecule has 1 aromatic carbocycles. The summed E-state index contributed by atoms with van der Waals surface area (Å²) in [6.45, 7) is 7.75. The minimum Gasteiger partial charge on any atom is -0.346 e. The number of rotatable bonds is 5. The summed E-state index contributed by atoms with van der Waals surface area (Å²) in [5.74, 6) is -0.461. The molecule has 2 rings (SSSR count). The molecule has 0 unspecified atom stereocenters. The zero-order valence-corrected chi connectivity index (χ0v) is 16.4. The van der Waals surface area contributed by atoms with E-state index < -0.39 is 6.04 Å². The van der Waals surface area contributed by atoms with Crippen molar-refractivity contribution in [1.82, 2.24) is 15.1 Å². The first kappa shape index (κ1) is 20.9. The van der Waals surface area contributed by atoms with E-state index in [9.17, 15) is 14.4 Å². The lowest BCUT2D eigenvalue weighted by Gasteiger charge is -2.23. The van der Waals surface area contributed by atoms with Gasteiger partial charge in [-0.2, -0.15) is 0 Å². The largest absolute Gasteiger partial charge is 0.346 e. The highest BCUT2D eigenvalue weighted by Gasteiger charge is 2.24. The highest BCUT2D eigenvalue weighted by molar-refractivity contribution is 5.94. The Labute approximate surface area is 160 Å². The van der Waals surface area contributed by atoms with Crippen LogP contribution in [-0.2, 0) is 9.59 Å². The number of benzene rings is 1. The number of nitrogens with one attached hydrogen (secondary N) is 1. The topological polar surface area (TPSA) is 95.7 Å². The Morgan fingerprint density at radius 1 is 1.11 bits per heavy atom. The number of nitrogens with two attached hydrogens (primary N) is 1. The lowest BCUT2D eigenvalue weighted by molar-refractivity contribution is -0.133. The molecule has 1 fully saturated rings. The van der Waals surface area contributed by atoms with E-state index in [1.165, 1.54) is 0 Å². The van der Waals surface area contributed by atoms with Crippen molar-refractivity contribution in [3.63, 3.8) is 0 Å². The summed E-state index contributed by atoms with van der Waals surface area (Å²) in [5, 5.41) is 2.61. The quantitative estimate of drug-likeness (QED) is 0.796. The van der Waals surface area contributed by atoms with Gasteiger partial charge in [0.1, 0.15) is 0 Å². The number of amides is 3. The fraction of sp³-hybridized carbons (Fsp3) is 0.550. The first-order valence-corrected chi connectivity index (χ1v) is 9.46. The molecule has 0 bridgehead atoms. The Balaban J connectivity index is 1.87. The van der Waals surface area contributed by atoms with Crippen LogP contribution in [-0.4, -0.2) is 66.3 Å². The monoisotopic (exact) mass is 374 g/mol. The minimum absolute atomic E-state index is 0.00999. The third-order valence-corrected chi connectivity index (χ3v) is 4.84. The lowest BCUT2D eigenvalue weighted by Crippen LogP contribution is -2.48. The Bertz CT molecular complexity index is 690. The van der Waals surface area contributed by atoms with Gasteiger partial charge in [0.25, 0.3) is 5.91 Å². The van der Waals surface area contributed by atoms with Crippen molar-refractivity contribution in [3.05, 3.63) is 35.4 Å². The van der Waals surface area contributed by atoms with Crippen molar-refractivity contribution in [1.29, 1.82) is 0 Å². The van der Waals surface area contributed by atoms with Crippen molar-refractivity contribution >= 4 is 17.7 Å². The van der Waals surface area contributed by atoms with Crippen LogP contribution in [0.3, 0.4) is 0 Å². The number of aryl methyl sites for hydroxylation is 1. The van der Waals surface area contributed by atoms with Gasteiger partial charge >= 0.3 is 0 Å².